The van der Waals surface area contributed by atoms with Gasteiger partial charge in [0.05, 0.1) is 17.5 Å². The molecule has 0 aromatic heterocycles. The van der Waals surface area contributed by atoms with E-state index in [4.69, 9.17) is 15.6 Å². The van der Waals surface area contributed by atoms with Crippen molar-refractivity contribution in [2.24, 2.45) is 17.6 Å². The third-order valence-electron chi connectivity index (χ3n) is 8.26. The normalized spacial score (nSPS) is 29.1. The molecule has 0 bridgehead atoms. The first-order chi connectivity index (χ1) is 19.2. The third kappa shape index (κ3) is 4.54. The number of nitrogens with two attached hydrogens (primary N) is 1. The number of aliphatic hydroxyl groups is 3. The Labute approximate surface area is 234 Å². The first-order valence-corrected chi connectivity index (χ1v) is 13.0. The number of likely N-dealkylation sites (N-methyl/N-ethyl adjacent to an activating group) is 1. The highest BCUT2D eigenvalue weighted by Gasteiger charge is 2.68. The van der Waals surface area contributed by atoms with E-state index in [1.54, 1.807) is 13.0 Å². The van der Waals surface area contributed by atoms with Gasteiger partial charge in [-0.25, -0.2) is 0 Å². The number of hydrogen-bond acceptors (Lipinski definition) is 11. The zero-order valence-electron chi connectivity index (χ0n) is 22.7. The van der Waals surface area contributed by atoms with Gasteiger partial charge in [0.25, 0.3) is 5.91 Å². The van der Waals surface area contributed by atoms with Gasteiger partial charge in [0.15, 0.2) is 11.4 Å². The highest BCUT2D eigenvalue weighted by molar-refractivity contribution is 6.25. The predicted octanol–water partition coefficient (Wildman–Crippen LogP) is 0.848. The second-order valence-corrected chi connectivity index (χ2v) is 10.9. The summed E-state index contributed by atoms with van der Waals surface area (Å²) >= 11 is 0. The number of rotatable bonds is 8. The average Bonchev–Trinajstić information content (AvgIpc) is 2.88. The summed E-state index contributed by atoms with van der Waals surface area (Å²) < 4.78 is 5.85. The molecule has 0 heterocycles. The van der Waals surface area contributed by atoms with Crippen LogP contribution in [0.2, 0.25) is 0 Å². The summed E-state index contributed by atoms with van der Waals surface area (Å²) in [7, 11) is 2.92. The van der Waals surface area contributed by atoms with Crippen molar-refractivity contribution in [3.63, 3.8) is 0 Å². The Morgan fingerprint density at radius 2 is 1.71 bits per heavy atom. The van der Waals surface area contributed by atoms with Crippen LogP contribution in [-0.2, 0) is 23.9 Å². The molecular weight excluding hydrogens is 540 g/mol. The minimum Gasteiger partial charge on any atom is -0.510 e. The van der Waals surface area contributed by atoms with Gasteiger partial charge in [-0.05, 0) is 44.5 Å². The minimum absolute atomic E-state index is 0.142. The summed E-state index contributed by atoms with van der Waals surface area (Å²) in [6.07, 6.45) is -1.62. The maximum Gasteiger partial charge on any atom is 0.306 e. The van der Waals surface area contributed by atoms with E-state index in [1.807, 2.05) is 0 Å². The molecule has 0 spiro atoms. The van der Waals surface area contributed by atoms with Gasteiger partial charge in [-0.2, -0.15) is 0 Å². The summed E-state index contributed by atoms with van der Waals surface area (Å²) in [6, 6.07) is 2.96. The van der Waals surface area contributed by atoms with Crippen molar-refractivity contribution in [3.8, 4) is 5.75 Å². The Morgan fingerprint density at radius 3 is 2.29 bits per heavy atom. The molecule has 220 valence electrons. The van der Waals surface area contributed by atoms with Gasteiger partial charge in [0, 0.05) is 24.3 Å². The van der Waals surface area contributed by atoms with E-state index in [9.17, 15) is 44.4 Å². The number of carboxylic acid groups (broad SMARTS) is 1. The van der Waals surface area contributed by atoms with Crippen LogP contribution in [0, 0.1) is 11.8 Å². The number of phenolic OH excluding ortho intramolecular Hbond substituents is 1. The van der Waals surface area contributed by atoms with Crippen molar-refractivity contribution < 1.29 is 54.2 Å². The molecular formula is C28H32N2O11. The van der Waals surface area contributed by atoms with Crippen molar-refractivity contribution in [1.82, 2.24) is 4.90 Å². The van der Waals surface area contributed by atoms with Gasteiger partial charge >= 0.3 is 11.9 Å². The number of carbonyl (C=O) groups excluding carboxylic acids is 4. The molecule has 41 heavy (non-hydrogen) atoms. The molecule has 0 fully saturated rings. The second kappa shape index (κ2) is 10.6. The maximum absolute atomic E-state index is 13.8. The topological polar surface area (TPSA) is 225 Å². The first kappa shape index (κ1) is 29.7. The SMILES string of the molecule is C[C@H]1c2cccc(O)c2C(=O)C2=C(O)[C@]3(O)C(=O)C(C(N)=O)=C(O)[C@@H](N(C)C)[C@@H]3[C@@H](OC(=O)CCCCC(=O)O)[C@@H]21. The van der Waals surface area contributed by atoms with E-state index in [2.05, 4.69) is 0 Å². The number of fused-ring (bicyclic) bond motifs is 3. The van der Waals surface area contributed by atoms with Crippen LogP contribution in [0.25, 0.3) is 0 Å². The second-order valence-electron chi connectivity index (χ2n) is 10.9. The first-order valence-electron chi connectivity index (χ1n) is 13.0. The monoisotopic (exact) mass is 572 g/mol. The number of aliphatic hydroxyl groups excluding tert-OH is 2. The lowest BCUT2D eigenvalue weighted by atomic mass is 9.55. The molecule has 3 aliphatic rings. The lowest BCUT2D eigenvalue weighted by molar-refractivity contribution is -0.181. The van der Waals surface area contributed by atoms with Crippen LogP contribution in [0.15, 0.2) is 40.9 Å². The molecule has 0 aliphatic heterocycles. The molecule has 1 amide bonds. The maximum atomic E-state index is 13.8. The largest absolute Gasteiger partial charge is 0.510 e. The molecule has 0 radical (unpaired) electrons. The van der Waals surface area contributed by atoms with E-state index < -0.39 is 93.3 Å². The van der Waals surface area contributed by atoms with Gasteiger partial charge in [-0.1, -0.05) is 19.1 Å². The number of carboxylic acids is 1. The predicted molar refractivity (Wildman–Crippen MR) is 140 cm³/mol. The van der Waals surface area contributed by atoms with Crippen molar-refractivity contribution >= 4 is 29.4 Å². The fourth-order valence-electron chi connectivity index (χ4n) is 6.45. The zero-order valence-corrected chi connectivity index (χ0v) is 22.7. The number of Topliss-reactive ketones (excluding diaryl/α,β-unsaturated/α-hetero) is 2. The molecule has 6 atom stereocenters. The molecule has 13 heteroatoms. The van der Waals surface area contributed by atoms with E-state index in [-0.39, 0.29) is 31.2 Å². The summed E-state index contributed by atoms with van der Waals surface area (Å²) in [6.45, 7) is 1.65. The van der Waals surface area contributed by atoms with Crippen LogP contribution in [0.4, 0.5) is 0 Å². The summed E-state index contributed by atoms with van der Waals surface area (Å²) in [4.78, 5) is 65.0. The summed E-state index contributed by atoms with van der Waals surface area (Å²) in [5.74, 6) is -11.4. The number of ether oxygens (including phenoxy) is 1. The summed E-state index contributed by atoms with van der Waals surface area (Å²) in [5, 5.41) is 54.0. The van der Waals surface area contributed by atoms with E-state index in [0.29, 0.717) is 5.56 Å². The Morgan fingerprint density at radius 1 is 1.07 bits per heavy atom. The van der Waals surface area contributed by atoms with Gasteiger partial charge in [-0.3, -0.25) is 28.9 Å². The Hall–Kier alpha value is -4.23. The van der Waals surface area contributed by atoms with Gasteiger partial charge in [0.1, 0.15) is 28.9 Å². The molecule has 7 N–H and O–H groups in total. The fourth-order valence-corrected chi connectivity index (χ4v) is 6.45. The fraction of sp³-hybridized carbons (Fsp3) is 0.464. The van der Waals surface area contributed by atoms with Crippen molar-refractivity contribution in [1.29, 1.82) is 0 Å². The number of carbonyl (C=O) groups is 5. The molecule has 0 saturated carbocycles. The number of aliphatic carboxylic acids is 1. The Bertz CT molecular complexity index is 1410. The lowest BCUT2D eigenvalue weighted by Crippen LogP contribution is -2.69. The van der Waals surface area contributed by atoms with Crippen LogP contribution in [-0.4, -0.2) is 91.7 Å². The Kier molecular flexibility index (Phi) is 7.71. The number of primary amides is 1. The van der Waals surface area contributed by atoms with E-state index >= 15 is 0 Å². The molecule has 3 aliphatic carbocycles. The minimum atomic E-state index is -3.02. The van der Waals surface area contributed by atoms with Crippen molar-refractivity contribution in [2.75, 3.05) is 14.1 Å². The van der Waals surface area contributed by atoms with E-state index in [1.165, 1.54) is 31.1 Å². The molecule has 13 nitrogen and oxygen atoms in total. The smallest absolute Gasteiger partial charge is 0.306 e. The third-order valence-corrected chi connectivity index (χ3v) is 8.26. The standard InChI is InChI=1S/C28H32N2O11/c1-11-12-7-6-8-13(31)17(12)22(35)18-16(11)24(41-15(34)10-5-4-9-14(32)33)20-21(30(2)3)23(36)19(27(29)39)26(38)28(20,40)25(18)37/h6-8,11,16,20-21,24,31,36-37,40H,4-5,9-10H2,1-3H3,(H2,29,39)(H,32,33)/t11-,16+,20+,21-,24-,28-/m0/s1. The van der Waals surface area contributed by atoms with Crippen molar-refractivity contribution in [2.45, 2.75) is 56.3 Å². The van der Waals surface area contributed by atoms with Crippen LogP contribution < -0.4 is 5.73 Å². The number of nitrogens with zero attached hydrogens (tertiary/aromatic N) is 1. The van der Waals surface area contributed by atoms with Gasteiger partial charge in [-0.15, -0.1) is 0 Å². The highest BCUT2D eigenvalue weighted by Crippen LogP contribution is 2.56. The quantitative estimate of drug-likeness (QED) is 0.145. The van der Waals surface area contributed by atoms with Crippen molar-refractivity contribution in [3.05, 3.63) is 52.0 Å². The number of unbranched alkanes of at least 4 members (excludes halogenated alkanes) is 1. The number of hydrogen-bond donors (Lipinski definition) is 6. The van der Waals surface area contributed by atoms with Crippen LogP contribution in [0.3, 0.4) is 0 Å². The van der Waals surface area contributed by atoms with Gasteiger partial charge < -0.3 is 36.0 Å². The summed E-state index contributed by atoms with van der Waals surface area (Å²) in [5.41, 5.74) is 1.09. The van der Waals surface area contributed by atoms with Crippen LogP contribution >= 0.6 is 0 Å². The number of esters is 1. The molecule has 1 aromatic carbocycles. The number of aromatic hydroxyl groups is 1. The molecule has 0 saturated heterocycles. The molecule has 4 rings (SSSR count). The highest BCUT2D eigenvalue weighted by atomic mass is 16.5. The van der Waals surface area contributed by atoms with Crippen LogP contribution in [0.1, 0.15) is 54.4 Å². The molecule has 0 unspecified atom stereocenters. The van der Waals surface area contributed by atoms with Gasteiger partial charge in [0.2, 0.25) is 5.78 Å². The lowest BCUT2D eigenvalue weighted by Gasteiger charge is -2.54. The van der Waals surface area contributed by atoms with E-state index in [0.717, 1.165) is 0 Å². The van der Waals surface area contributed by atoms with Crippen LogP contribution in [0.5, 0.6) is 5.75 Å². The molecule has 1 aromatic rings. The number of phenols is 1. The average molecular weight is 573 g/mol. The number of amides is 1. The number of benzene rings is 1. The number of ketones is 2. The zero-order chi connectivity index (χ0) is 30.5. The Balaban J connectivity index is 1.95.